The molecule has 0 amide bonds. The number of ether oxygens (including phenoxy) is 3. The van der Waals surface area contributed by atoms with Crippen molar-refractivity contribution in [1.82, 2.24) is 6.15 Å². The zero-order valence-electron chi connectivity index (χ0n) is 19.6. The van der Waals surface area contributed by atoms with Crippen molar-refractivity contribution >= 4 is 10.4 Å². The van der Waals surface area contributed by atoms with Crippen molar-refractivity contribution in [2.24, 2.45) is 0 Å². The minimum Gasteiger partial charge on any atom is -0.726 e. The highest BCUT2D eigenvalue weighted by molar-refractivity contribution is 7.80. The van der Waals surface area contributed by atoms with E-state index in [0.29, 0.717) is 6.61 Å². The summed E-state index contributed by atoms with van der Waals surface area (Å²) in [7, 11) is -4.72. The van der Waals surface area contributed by atoms with Gasteiger partial charge < -0.3 is 24.9 Å². The summed E-state index contributed by atoms with van der Waals surface area (Å²) in [6, 6.07) is 8.02. The van der Waals surface area contributed by atoms with Crippen LogP contribution in [0.3, 0.4) is 0 Å². The third-order valence-corrected chi connectivity index (χ3v) is 5.09. The summed E-state index contributed by atoms with van der Waals surface area (Å²) in [4.78, 5) is 0. The van der Waals surface area contributed by atoms with Gasteiger partial charge in [-0.25, -0.2) is 8.42 Å². The van der Waals surface area contributed by atoms with E-state index in [2.05, 4.69) is 29.8 Å². The van der Waals surface area contributed by atoms with Crippen LogP contribution in [-0.2, 0) is 30.5 Å². The third kappa shape index (κ3) is 17.1. The zero-order valence-corrected chi connectivity index (χ0v) is 20.4. The second-order valence-electron chi connectivity index (χ2n) is 7.38. The summed E-state index contributed by atoms with van der Waals surface area (Å²) < 4.78 is 52.2. The average Bonchev–Trinajstić information content (AvgIpc) is 2.74. The largest absolute Gasteiger partial charge is 0.726 e. The monoisotopic (exact) mass is 475 g/mol. The van der Waals surface area contributed by atoms with Gasteiger partial charge in [-0.15, -0.1) is 6.58 Å². The molecule has 8 nitrogen and oxygen atoms in total. The summed E-state index contributed by atoms with van der Waals surface area (Å²) in [5, 5.41) is 0. The lowest BCUT2D eigenvalue weighted by Crippen LogP contribution is -2.29. The molecule has 186 valence electrons. The molecule has 1 aromatic rings. The van der Waals surface area contributed by atoms with Crippen molar-refractivity contribution in [2.75, 3.05) is 33.0 Å². The summed E-state index contributed by atoms with van der Waals surface area (Å²) in [6.07, 6.45) is 11.3. The van der Waals surface area contributed by atoms with Crippen LogP contribution in [0.1, 0.15) is 57.4 Å². The van der Waals surface area contributed by atoms with Crippen LogP contribution in [0, 0.1) is 0 Å². The molecule has 1 atom stereocenters. The SMILES string of the molecule is C=CCOCC(COc1ccc(CCCCCCCCC)cc1)OCCOS(=O)(=O)[O-].[NH4+]. The number of rotatable bonds is 20. The van der Waals surface area contributed by atoms with E-state index in [-0.39, 0.29) is 32.6 Å². The molecule has 32 heavy (non-hydrogen) atoms. The topological polar surface area (TPSA) is 131 Å². The molecule has 0 saturated heterocycles. The smallest absolute Gasteiger partial charge is 0.217 e. The van der Waals surface area contributed by atoms with Crippen LogP contribution in [0.5, 0.6) is 5.75 Å². The first-order valence-corrected chi connectivity index (χ1v) is 12.4. The second-order valence-corrected chi connectivity index (χ2v) is 8.43. The van der Waals surface area contributed by atoms with Crippen LogP contribution < -0.4 is 10.9 Å². The fourth-order valence-electron chi connectivity index (χ4n) is 3.01. The van der Waals surface area contributed by atoms with E-state index in [1.165, 1.54) is 50.5 Å². The van der Waals surface area contributed by atoms with E-state index in [1.807, 2.05) is 12.1 Å². The summed E-state index contributed by atoms with van der Waals surface area (Å²) >= 11 is 0. The van der Waals surface area contributed by atoms with Crippen molar-refractivity contribution in [2.45, 2.75) is 64.4 Å². The van der Waals surface area contributed by atoms with Crippen LogP contribution in [0.4, 0.5) is 0 Å². The Morgan fingerprint density at radius 2 is 1.66 bits per heavy atom. The van der Waals surface area contributed by atoms with Crippen LogP contribution in [0.15, 0.2) is 36.9 Å². The first kappa shape index (κ1) is 30.5. The van der Waals surface area contributed by atoms with Crippen molar-refractivity contribution < 1.29 is 31.4 Å². The highest BCUT2D eigenvalue weighted by Crippen LogP contribution is 2.16. The first-order valence-electron chi connectivity index (χ1n) is 11.1. The van der Waals surface area contributed by atoms with Crippen molar-refractivity contribution in [3.8, 4) is 5.75 Å². The van der Waals surface area contributed by atoms with E-state index in [4.69, 9.17) is 14.2 Å². The maximum absolute atomic E-state index is 10.5. The zero-order chi connectivity index (χ0) is 22.8. The number of hydrogen-bond acceptors (Lipinski definition) is 7. The first-order chi connectivity index (χ1) is 14.9. The van der Waals surface area contributed by atoms with Gasteiger partial charge in [-0.05, 0) is 30.5 Å². The van der Waals surface area contributed by atoms with Gasteiger partial charge in [-0.1, -0.05) is 63.7 Å². The number of hydrogen-bond donors (Lipinski definition) is 1. The van der Waals surface area contributed by atoms with E-state index < -0.39 is 16.5 Å². The van der Waals surface area contributed by atoms with Gasteiger partial charge in [-0.2, -0.15) is 0 Å². The Labute approximate surface area is 193 Å². The quantitative estimate of drug-likeness (QED) is 0.124. The molecule has 0 aromatic heterocycles. The highest BCUT2D eigenvalue weighted by atomic mass is 32.3. The predicted molar refractivity (Wildman–Crippen MR) is 126 cm³/mol. The standard InChI is InChI=1S/C23H38O7S.H3N/c1-3-5-6-7-8-9-10-11-21-12-14-22(15-13-21)29-20-23(19-27-16-4-2)28-17-18-30-31(24,25)26;/h4,12-15,23H,2-3,5-11,16-20H2,1H3,(H,24,25,26);1H3. The molecule has 1 aromatic carbocycles. The molecule has 0 spiro atoms. The minimum absolute atomic E-state index is 0. The molecule has 0 aliphatic heterocycles. The Morgan fingerprint density at radius 1 is 1.00 bits per heavy atom. The Kier molecular flexibility index (Phi) is 18.1. The van der Waals surface area contributed by atoms with Crippen LogP contribution >= 0.6 is 0 Å². The molecule has 0 aliphatic rings. The Hall–Kier alpha value is -1.49. The molecule has 0 fully saturated rings. The lowest BCUT2D eigenvalue weighted by molar-refractivity contribution is -0.0399. The summed E-state index contributed by atoms with van der Waals surface area (Å²) in [5.74, 6) is 0.721. The molecule has 0 radical (unpaired) electrons. The fraction of sp³-hybridized carbons (Fsp3) is 0.652. The Bertz CT molecular complexity index is 680. The van der Waals surface area contributed by atoms with Crippen molar-refractivity contribution in [3.63, 3.8) is 0 Å². The fourth-order valence-corrected chi connectivity index (χ4v) is 3.28. The van der Waals surface area contributed by atoms with E-state index in [1.54, 1.807) is 6.08 Å². The normalized spacial score (nSPS) is 12.2. The second kappa shape index (κ2) is 19.0. The van der Waals surface area contributed by atoms with E-state index in [9.17, 15) is 13.0 Å². The van der Waals surface area contributed by atoms with E-state index >= 15 is 0 Å². The molecule has 0 aliphatic carbocycles. The van der Waals surface area contributed by atoms with Gasteiger partial charge >= 0.3 is 0 Å². The molecule has 9 heteroatoms. The Morgan fingerprint density at radius 3 is 2.28 bits per heavy atom. The van der Waals surface area contributed by atoms with Crippen LogP contribution in [0.2, 0.25) is 0 Å². The van der Waals surface area contributed by atoms with Gasteiger partial charge in [-0.3, -0.25) is 4.18 Å². The Balaban J connectivity index is 0.00000961. The maximum atomic E-state index is 10.5. The van der Waals surface area contributed by atoms with Crippen LogP contribution in [-0.4, -0.2) is 52.1 Å². The van der Waals surface area contributed by atoms with E-state index in [0.717, 1.165) is 12.2 Å². The minimum atomic E-state index is -4.72. The summed E-state index contributed by atoms with van der Waals surface area (Å²) in [6.45, 7) is 6.23. The third-order valence-electron chi connectivity index (χ3n) is 4.63. The maximum Gasteiger partial charge on any atom is 0.217 e. The number of unbranched alkanes of at least 4 members (excludes halogenated alkanes) is 6. The molecular formula is C23H41NO7S. The van der Waals surface area contributed by atoms with Crippen molar-refractivity contribution in [3.05, 3.63) is 42.5 Å². The molecular weight excluding hydrogens is 434 g/mol. The predicted octanol–water partition coefficient (Wildman–Crippen LogP) is 4.80. The molecule has 0 bridgehead atoms. The van der Waals surface area contributed by atoms with Gasteiger partial charge in [0, 0.05) is 0 Å². The molecule has 4 N–H and O–H groups in total. The van der Waals surface area contributed by atoms with Gasteiger partial charge in [0.25, 0.3) is 0 Å². The lowest BCUT2D eigenvalue weighted by Gasteiger charge is -2.19. The van der Waals surface area contributed by atoms with Gasteiger partial charge in [0.2, 0.25) is 10.4 Å². The number of quaternary nitrogens is 1. The molecule has 1 unspecified atom stereocenters. The number of benzene rings is 1. The summed E-state index contributed by atoms with van der Waals surface area (Å²) in [5.41, 5.74) is 1.29. The highest BCUT2D eigenvalue weighted by Gasteiger charge is 2.11. The van der Waals surface area contributed by atoms with Crippen LogP contribution in [0.25, 0.3) is 0 Å². The lowest BCUT2D eigenvalue weighted by atomic mass is 10.0. The van der Waals surface area contributed by atoms with Gasteiger partial charge in [0.05, 0.1) is 26.4 Å². The van der Waals surface area contributed by atoms with Gasteiger partial charge in [0.1, 0.15) is 18.5 Å². The molecule has 1 rings (SSSR count). The molecule has 0 heterocycles. The van der Waals surface area contributed by atoms with Crippen molar-refractivity contribution in [1.29, 1.82) is 0 Å². The number of aryl methyl sites for hydroxylation is 1. The average molecular weight is 476 g/mol. The van der Waals surface area contributed by atoms with Gasteiger partial charge in [0.15, 0.2) is 0 Å². The molecule has 0 saturated carbocycles.